The molecule has 2 heterocycles. The zero-order valence-corrected chi connectivity index (χ0v) is 14.5. The van der Waals surface area contributed by atoms with E-state index in [0.29, 0.717) is 0 Å². The number of hydrogen-bond donors (Lipinski definition) is 1. The van der Waals surface area contributed by atoms with Crippen molar-refractivity contribution in [2.45, 2.75) is 39.3 Å². The maximum Gasteiger partial charge on any atom is 0.155 e. The minimum absolute atomic E-state index is 0.0382. The quantitative estimate of drug-likeness (QED) is 0.883. The molecule has 130 valence electrons. The molecule has 1 aromatic heterocycles. The minimum atomic E-state index is -0.337. The van der Waals surface area contributed by atoms with Gasteiger partial charge < -0.3 is 4.74 Å². The summed E-state index contributed by atoms with van der Waals surface area (Å²) in [4.78, 5) is 6.67. The third kappa shape index (κ3) is 3.93. The summed E-state index contributed by atoms with van der Waals surface area (Å²) in [5.41, 5.74) is 1.20. The zero-order valence-electron chi connectivity index (χ0n) is 14.5. The normalized spacial score (nSPS) is 21.5. The first-order chi connectivity index (χ1) is 11.5. The lowest BCUT2D eigenvalue weighted by atomic mass is 9.97. The lowest BCUT2D eigenvalue weighted by Gasteiger charge is -2.16. The fraction of sp³-hybridized carbons (Fsp3) is 0.556. The van der Waals surface area contributed by atoms with Crippen LogP contribution in [0.3, 0.4) is 0 Å². The second-order valence-electron chi connectivity index (χ2n) is 6.80. The van der Waals surface area contributed by atoms with E-state index >= 15 is 0 Å². The molecule has 24 heavy (non-hydrogen) atoms. The van der Waals surface area contributed by atoms with Crippen LogP contribution in [0.15, 0.2) is 24.3 Å². The van der Waals surface area contributed by atoms with E-state index in [1.807, 2.05) is 32.9 Å². The van der Waals surface area contributed by atoms with Gasteiger partial charge in [0.15, 0.2) is 5.82 Å². The predicted molar refractivity (Wildman–Crippen MR) is 90.8 cm³/mol. The van der Waals surface area contributed by atoms with E-state index in [-0.39, 0.29) is 24.6 Å². The SMILES string of the molecule is Cc1nc([C@@H]2CN(Cc3ccc(OC(C)C)cc3)C[C@H]2CF)n[nH]1. The first-order valence-electron chi connectivity index (χ1n) is 8.48. The molecule has 0 unspecified atom stereocenters. The molecule has 1 saturated heterocycles. The highest BCUT2D eigenvalue weighted by Crippen LogP contribution is 2.32. The molecule has 0 saturated carbocycles. The average Bonchev–Trinajstić information content (AvgIpc) is 3.14. The third-order valence-electron chi connectivity index (χ3n) is 4.36. The highest BCUT2D eigenvalue weighted by atomic mass is 19.1. The summed E-state index contributed by atoms with van der Waals surface area (Å²) >= 11 is 0. The Morgan fingerprint density at radius 1 is 1.29 bits per heavy atom. The molecule has 0 radical (unpaired) electrons. The van der Waals surface area contributed by atoms with Crippen LogP contribution in [-0.2, 0) is 6.54 Å². The molecule has 1 aliphatic heterocycles. The smallest absolute Gasteiger partial charge is 0.155 e. The van der Waals surface area contributed by atoms with Crippen LogP contribution in [0.2, 0.25) is 0 Å². The number of H-pyrrole nitrogens is 1. The zero-order chi connectivity index (χ0) is 17.1. The van der Waals surface area contributed by atoms with Crippen molar-refractivity contribution < 1.29 is 9.13 Å². The van der Waals surface area contributed by atoms with E-state index in [0.717, 1.165) is 37.0 Å². The molecule has 0 spiro atoms. The van der Waals surface area contributed by atoms with Gasteiger partial charge in [0.2, 0.25) is 0 Å². The van der Waals surface area contributed by atoms with E-state index in [4.69, 9.17) is 4.74 Å². The van der Waals surface area contributed by atoms with Gasteiger partial charge in [0.25, 0.3) is 0 Å². The van der Waals surface area contributed by atoms with E-state index in [1.165, 1.54) is 5.56 Å². The molecular formula is C18H25FN4O. The molecular weight excluding hydrogens is 307 g/mol. The fourth-order valence-corrected chi connectivity index (χ4v) is 3.27. The van der Waals surface area contributed by atoms with Crippen LogP contribution < -0.4 is 4.74 Å². The Bertz CT molecular complexity index is 655. The summed E-state index contributed by atoms with van der Waals surface area (Å²) in [5, 5.41) is 7.09. The molecule has 2 atom stereocenters. The summed E-state index contributed by atoms with van der Waals surface area (Å²) in [6.45, 7) is 7.89. The molecule has 1 aromatic carbocycles. The number of benzene rings is 1. The standard InChI is InChI=1S/C18H25FN4O/c1-12(2)24-16-6-4-14(5-7-16)9-23-10-15(8-19)17(11-23)18-20-13(3)21-22-18/h4-7,12,15,17H,8-11H2,1-3H3,(H,20,21,22)/t15-,17-/m1/s1. The number of aryl methyl sites for hydroxylation is 1. The van der Waals surface area contributed by atoms with E-state index < -0.39 is 0 Å². The topological polar surface area (TPSA) is 54.0 Å². The number of alkyl halides is 1. The van der Waals surface area contributed by atoms with Gasteiger partial charge >= 0.3 is 0 Å². The van der Waals surface area contributed by atoms with Gasteiger partial charge in [-0.1, -0.05) is 12.1 Å². The number of ether oxygens (including phenoxy) is 1. The van der Waals surface area contributed by atoms with Crippen molar-refractivity contribution in [3.63, 3.8) is 0 Å². The number of aromatic nitrogens is 3. The van der Waals surface area contributed by atoms with Gasteiger partial charge in [-0.3, -0.25) is 14.4 Å². The predicted octanol–water partition coefficient (Wildman–Crippen LogP) is 3.09. The molecule has 0 amide bonds. The van der Waals surface area contributed by atoms with E-state index in [1.54, 1.807) is 0 Å². The second-order valence-corrected chi connectivity index (χ2v) is 6.80. The van der Waals surface area contributed by atoms with Crippen molar-refractivity contribution in [3.8, 4) is 5.75 Å². The highest BCUT2D eigenvalue weighted by molar-refractivity contribution is 5.27. The lowest BCUT2D eigenvalue weighted by Crippen LogP contribution is -2.20. The number of rotatable bonds is 6. The molecule has 1 aliphatic rings. The Labute approximate surface area is 142 Å². The lowest BCUT2D eigenvalue weighted by molar-refractivity contribution is 0.242. The number of likely N-dealkylation sites (tertiary alicyclic amines) is 1. The van der Waals surface area contributed by atoms with Crippen molar-refractivity contribution in [3.05, 3.63) is 41.5 Å². The summed E-state index contributed by atoms with van der Waals surface area (Å²) < 4.78 is 19.1. The molecule has 1 fully saturated rings. The van der Waals surface area contributed by atoms with Crippen molar-refractivity contribution in [1.29, 1.82) is 0 Å². The largest absolute Gasteiger partial charge is 0.491 e. The van der Waals surface area contributed by atoms with Crippen molar-refractivity contribution >= 4 is 0 Å². The number of halogens is 1. The Kier molecular flexibility index (Phi) is 5.14. The molecule has 5 nitrogen and oxygen atoms in total. The molecule has 3 rings (SSSR count). The first kappa shape index (κ1) is 16.9. The van der Waals surface area contributed by atoms with Crippen LogP contribution in [0.4, 0.5) is 4.39 Å². The molecule has 6 heteroatoms. The fourth-order valence-electron chi connectivity index (χ4n) is 3.27. The molecule has 0 bridgehead atoms. The van der Waals surface area contributed by atoms with Gasteiger partial charge in [-0.25, -0.2) is 4.98 Å². The maximum absolute atomic E-state index is 13.4. The minimum Gasteiger partial charge on any atom is -0.491 e. The van der Waals surface area contributed by atoms with Gasteiger partial charge in [0.05, 0.1) is 12.8 Å². The first-order valence-corrected chi connectivity index (χ1v) is 8.48. The second kappa shape index (κ2) is 7.30. The van der Waals surface area contributed by atoms with Crippen molar-refractivity contribution in [1.82, 2.24) is 20.1 Å². The van der Waals surface area contributed by atoms with E-state index in [9.17, 15) is 4.39 Å². The van der Waals surface area contributed by atoms with Crippen LogP contribution in [0, 0.1) is 12.8 Å². The summed E-state index contributed by atoms with van der Waals surface area (Å²) in [5.74, 6) is 2.42. The maximum atomic E-state index is 13.4. The van der Waals surface area contributed by atoms with Crippen LogP contribution in [0.25, 0.3) is 0 Å². The van der Waals surface area contributed by atoms with Gasteiger partial charge in [-0.15, -0.1) is 0 Å². The summed E-state index contributed by atoms with van der Waals surface area (Å²) in [7, 11) is 0. The van der Waals surface area contributed by atoms with Gasteiger partial charge in [-0.05, 0) is 38.5 Å². The van der Waals surface area contributed by atoms with Gasteiger partial charge in [0.1, 0.15) is 11.6 Å². The summed E-state index contributed by atoms with van der Waals surface area (Å²) in [6.07, 6.45) is 0.172. The Balaban J connectivity index is 1.63. The average molecular weight is 332 g/mol. The Morgan fingerprint density at radius 2 is 2.04 bits per heavy atom. The van der Waals surface area contributed by atoms with Crippen LogP contribution in [-0.4, -0.2) is 45.9 Å². The highest BCUT2D eigenvalue weighted by Gasteiger charge is 2.36. The van der Waals surface area contributed by atoms with Crippen molar-refractivity contribution in [2.75, 3.05) is 19.8 Å². The Hall–Kier alpha value is -1.95. The van der Waals surface area contributed by atoms with Crippen LogP contribution >= 0.6 is 0 Å². The monoisotopic (exact) mass is 332 g/mol. The number of nitrogens with zero attached hydrogens (tertiary/aromatic N) is 3. The third-order valence-corrected chi connectivity index (χ3v) is 4.36. The Morgan fingerprint density at radius 3 is 2.62 bits per heavy atom. The van der Waals surface area contributed by atoms with Crippen LogP contribution in [0.5, 0.6) is 5.75 Å². The molecule has 0 aliphatic carbocycles. The number of aromatic amines is 1. The molecule has 1 N–H and O–H groups in total. The van der Waals surface area contributed by atoms with E-state index in [2.05, 4.69) is 32.2 Å². The van der Waals surface area contributed by atoms with Crippen LogP contribution in [0.1, 0.15) is 37.0 Å². The number of nitrogens with one attached hydrogen (secondary N) is 1. The molecule has 2 aromatic rings. The van der Waals surface area contributed by atoms with Gasteiger partial charge in [0, 0.05) is 31.5 Å². The number of hydrogen-bond acceptors (Lipinski definition) is 4. The van der Waals surface area contributed by atoms with Crippen molar-refractivity contribution in [2.24, 2.45) is 5.92 Å². The van der Waals surface area contributed by atoms with Gasteiger partial charge in [-0.2, -0.15) is 5.10 Å². The summed E-state index contributed by atoms with van der Waals surface area (Å²) in [6, 6.07) is 8.14.